The summed E-state index contributed by atoms with van der Waals surface area (Å²) in [5.41, 5.74) is 9.91. The van der Waals surface area contributed by atoms with E-state index >= 15 is 0 Å². The molecule has 48 heavy (non-hydrogen) atoms. The molecule has 7 aromatic rings. The summed E-state index contributed by atoms with van der Waals surface area (Å²) in [6.07, 6.45) is 1.95. The topological polar surface area (TPSA) is 24.3 Å². The van der Waals surface area contributed by atoms with Gasteiger partial charge in [-0.05, 0) is 92.9 Å². The fraction of sp³-hybridized carbons (Fsp3) is 0.186. The van der Waals surface area contributed by atoms with Crippen molar-refractivity contribution in [3.8, 4) is 16.9 Å². The Morgan fingerprint density at radius 1 is 0.646 bits per heavy atom. The molecule has 0 spiro atoms. The van der Waals surface area contributed by atoms with Gasteiger partial charge in [0, 0.05) is 28.2 Å². The van der Waals surface area contributed by atoms with Gasteiger partial charge < -0.3 is 9.80 Å². The van der Waals surface area contributed by atoms with Crippen molar-refractivity contribution in [3.63, 3.8) is 0 Å². The van der Waals surface area contributed by atoms with Gasteiger partial charge in [-0.3, -0.25) is 4.57 Å². The number of benzene rings is 5. The summed E-state index contributed by atoms with van der Waals surface area (Å²) in [7, 11) is -2.12. The zero-order chi connectivity index (χ0) is 33.2. The van der Waals surface area contributed by atoms with Crippen LogP contribution in [0.5, 0.6) is 0 Å². The number of anilines is 3. The number of para-hydroxylation sites is 3. The molecule has 0 radical (unpaired) electrons. The maximum Gasteiger partial charge on any atom is 0.138 e. The number of aromatic nitrogens is 2. The summed E-state index contributed by atoms with van der Waals surface area (Å²) in [4.78, 5) is 9.93. The summed E-state index contributed by atoms with van der Waals surface area (Å²) >= 11 is 0. The summed E-state index contributed by atoms with van der Waals surface area (Å²) < 4.78 is 2.36. The fourth-order valence-electron chi connectivity index (χ4n) is 7.45. The number of pyridine rings is 1. The zero-order valence-electron chi connectivity index (χ0n) is 28.7. The Labute approximate surface area is 284 Å². The van der Waals surface area contributed by atoms with Gasteiger partial charge in [-0.15, -0.1) is 0 Å². The Morgan fingerprint density at radius 3 is 2.17 bits per heavy atom. The molecule has 2 aromatic heterocycles. The summed E-state index contributed by atoms with van der Waals surface area (Å²) in [6.45, 7) is 14.9. The molecule has 4 nitrogen and oxygen atoms in total. The second-order valence-corrected chi connectivity index (χ2v) is 19.0. The number of nitrogens with zero attached hydrogens (tertiary/aromatic N) is 4. The van der Waals surface area contributed by atoms with E-state index in [0.717, 1.165) is 12.5 Å². The summed E-state index contributed by atoms with van der Waals surface area (Å²) in [5, 5.41) is 5.34. The van der Waals surface area contributed by atoms with Gasteiger partial charge in [0.2, 0.25) is 0 Å². The molecule has 0 fully saturated rings. The van der Waals surface area contributed by atoms with Crippen LogP contribution in [0.4, 0.5) is 17.1 Å². The van der Waals surface area contributed by atoms with Gasteiger partial charge in [-0.25, -0.2) is 4.98 Å². The molecule has 5 heteroatoms. The van der Waals surface area contributed by atoms with Gasteiger partial charge in [0.15, 0.2) is 0 Å². The molecule has 3 heterocycles. The highest BCUT2D eigenvalue weighted by Gasteiger charge is 2.34. The van der Waals surface area contributed by atoms with Crippen molar-refractivity contribution in [3.05, 3.63) is 139 Å². The highest BCUT2D eigenvalue weighted by Crippen LogP contribution is 2.43. The van der Waals surface area contributed by atoms with Crippen LogP contribution in [0, 0.1) is 6.92 Å². The normalized spacial score (nSPS) is 13.5. The van der Waals surface area contributed by atoms with Crippen molar-refractivity contribution < 1.29 is 0 Å². The third kappa shape index (κ3) is 4.92. The fourth-order valence-corrected chi connectivity index (χ4v) is 9.80. The molecular weight excluding hydrogens is 601 g/mol. The highest BCUT2D eigenvalue weighted by atomic mass is 28.3. The Bertz CT molecular complexity index is 2330. The average Bonchev–Trinajstić information content (AvgIpc) is 3.65. The van der Waals surface area contributed by atoms with E-state index in [2.05, 4.69) is 183 Å². The van der Waals surface area contributed by atoms with E-state index in [1.807, 2.05) is 6.20 Å². The first-order chi connectivity index (χ1) is 23.1. The van der Waals surface area contributed by atoms with Crippen molar-refractivity contribution in [2.45, 2.75) is 46.3 Å². The van der Waals surface area contributed by atoms with Gasteiger partial charge in [0.25, 0.3) is 0 Å². The van der Waals surface area contributed by atoms with E-state index in [-0.39, 0.29) is 5.54 Å². The monoisotopic (exact) mass is 642 g/mol. The second kappa shape index (κ2) is 11.2. The lowest BCUT2D eigenvalue weighted by Gasteiger charge is -2.34. The molecule has 5 aromatic carbocycles. The molecule has 238 valence electrons. The average molecular weight is 643 g/mol. The first-order valence-electron chi connectivity index (χ1n) is 16.9. The number of hydrogen-bond donors (Lipinski definition) is 0. The minimum Gasteiger partial charge on any atom is -0.347 e. The van der Waals surface area contributed by atoms with Crippen molar-refractivity contribution in [2.24, 2.45) is 0 Å². The van der Waals surface area contributed by atoms with Gasteiger partial charge in [0.1, 0.15) is 13.9 Å². The quantitative estimate of drug-likeness (QED) is 0.175. The van der Waals surface area contributed by atoms with Crippen LogP contribution >= 0.6 is 0 Å². The first kappa shape index (κ1) is 30.2. The molecule has 0 saturated heterocycles. The summed E-state index contributed by atoms with van der Waals surface area (Å²) in [5.74, 6) is 0.941. The van der Waals surface area contributed by atoms with E-state index in [0.29, 0.717) is 0 Å². The molecule has 0 bridgehead atoms. The third-order valence-electron chi connectivity index (χ3n) is 10.3. The van der Waals surface area contributed by atoms with E-state index in [9.17, 15) is 0 Å². The molecule has 0 N–H and O–H groups in total. The molecule has 0 aliphatic carbocycles. The molecular formula is C43H42N4Si. The van der Waals surface area contributed by atoms with Crippen molar-refractivity contribution in [1.29, 1.82) is 0 Å². The van der Waals surface area contributed by atoms with Gasteiger partial charge in [-0.1, -0.05) is 102 Å². The molecule has 8 rings (SSSR count). The maximum absolute atomic E-state index is 4.95. The molecule has 1 aliphatic rings. The molecule has 0 saturated carbocycles. The minimum atomic E-state index is -2.12. The lowest BCUT2D eigenvalue weighted by molar-refractivity contribution is 0.518. The standard InChI is InChI=1S/C43H42N4Si/c1-30-14-7-8-17-35(30)31-24-25-44-42(26-31)47-38-19-10-9-18-36(38)37-23-22-34(28-41(37)47)48(5,6)33-16-13-15-32(27-33)45-29-46(43(2,3)4)40-21-12-11-20-39(40)45/h7-28H,29H2,1-6H3. The van der Waals surface area contributed by atoms with Gasteiger partial charge in [0.05, 0.1) is 29.1 Å². The van der Waals surface area contributed by atoms with Crippen molar-refractivity contribution in [2.75, 3.05) is 16.5 Å². The zero-order valence-corrected chi connectivity index (χ0v) is 29.7. The van der Waals surface area contributed by atoms with Crippen LogP contribution in [0.15, 0.2) is 134 Å². The number of hydrogen-bond acceptors (Lipinski definition) is 3. The van der Waals surface area contributed by atoms with Crippen LogP contribution in [0.1, 0.15) is 26.3 Å². The lowest BCUT2D eigenvalue weighted by Crippen LogP contribution is -2.53. The first-order valence-corrected chi connectivity index (χ1v) is 19.9. The minimum absolute atomic E-state index is 0.0264. The van der Waals surface area contributed by atoms with E-state index < -0.39 is 8.07 Å². The smallest absolute Gasteiger partial charge is 0.138 e. The number of fused-ring (bicyclic) bond motifs is 4. The highest BCUT2D eigenvalue weighted by molar-refractivity contribution is 7.00. The Morgan fingerprint density at radius 2 is 1.35 bits per heavy atom. The Kier molecular flexibility index (Phi) is 7.08. The molecule has 0 amide bonds. The maximum atomic E-state index is 4.95. The van der Waals surface area contributed by atoms with Crippen LogP contribution in [0.25, 0.3) is 38.8 Å². The number of aryl methyl sites for hydroxylation is 1. The van der Waals surface area contributed by atoms with Crippen LogP contribution in [-0.4, -0.2) is 29.8 Å². The predicted octanol–water partition coefficient (Wildman–Crippen LogP) is 9.69. The molecule has 0 atom stereocenters. The third-order valence-corrected chi connectivity index (χ3v) is 13.8. The lowest BCUT2D eigenvalue weighted by atomic mass is 10.0. The SMILES string of the molecule is Cc1ccccc1-c1ccnc(-n2c3ccccc3c3ccc([Si](C)(C)c4cccc(N5CN(C(C)(C)C)c6ccccc65)c4)cc32)c1. The molecule has 1 aliphatic heterocycles. The Balaban J connectivity index is 1.24. The number of rotatable bonds is 5. The van der Waals surface area contributed by atoms with Gasteiger partial charge >= 0.3 is 0 Å². The van der Waals surface area contributed by atoms with Crippen LogP contribution in [0.2, 0.25) is 13.1 Å². The molecule has 0 unspecified atom stereocenters. The van der Waals surface area contributed by atoms with Crippen molar-refractivity contribution >= 4 is 57.3 Å². The van der Waals surface area contributed by atoms with Crippen molar-refractivity contribution in [1.82, 2.24) is 9.55 Å². The van der Waals surface area contributed by atoms with Gasteiger partial charge in [-0.2, -0.15) is 0 Å². The van der Waals surface area contributed by atoms with Crippen LogP contribution in [-0.2, 0) is 0 Å². The van der Waals surface area contributed by atoms with E-state index in [1.165, 1.54) is 65.9 Å². The Hall–Kier alpha value is -5.13. The largest absolute Gasteiger partial charge is 0.347 e. The van der Waals surface area contributed by atoms with E-state index in [1.54, 1.807) is 0 Å². The second-order valence-electron chi connectivity index (χ2n) is 14.6. The summed E-state index contributed by atoms with van der Waals surface area (Å²) in [6, 6.07) is 46.9. The predicted molar refractivity (Wildman–Crippen MR) is 208 cm³/mol. The van der Waals surface area contributed by atoms with Crippen LogP contribution < -0.4 is 20.2 Å². The van der Waals surface area contributed by atoms with E-state index in [4.69, 9.17) is 4.98 Å². The van der Waals surface area contributed by atoms with Crippen LogP contribution in [0.3, 0.4) is 0 Å².